The first-order valence-electron chi connectivity index (χ1n) is 8.86. The molecule has 2 aromatic rings. The van der Waals surface area contributed by atoms with E-state index in [0.29, 0.717) is 5.69 Å². The monoisotopic (exact) mass is 404 g/mol. The van der Waals surface area contributed by atoms with Crippen LogP contribution in [0.5, 0.6) is 0 Å². The van der Waals surface area contributed by atoms with E-state index in [-0.39, 0.29) is 10.8 Å². The maximum atomic E-state index is 12.6. The zero-order valence-corrected chi connectivity index (χ0v) is 16.6. The number of nitrogens with two attached hydrogens (primary N) is 1. The molecule has 0 saturated heterocycles. The van der Waals surface area contributed by atoms with Crippen LogP contribution in [0.25, 0.3) is 0 Å². The number of rotatable bonds is 8. The number of ether oxygens (including phenoxy) is 1. The lowest BCUT2D eigenvalue weighted by Crippen LogP contribution is -2.27. The van der Waals surface area contributed by atoms with Gasteiger partial charge < -0.3 is 10.1 Å². The van der Waals surface area contributed by atoms with Gasteiger partial charge in [0.1, 0.15) is 0 Å². The average molecular weight is 404 g/mol. The normalized spacial score (nSPS) is 13.4. The van der Waals surface area contributed by atoms with Crippen LogP contribution >= 0.6 is 0 Å². The van der Waals surface area contributed by atoms with Crippen molar-refractivity contribution in [1.29, 1.82) is 0 Å². The molecule has 0 heterocycles. The highest BCUT2D eigenvalue weighted by Crippen LogP contribution is 2.28. The van der Waals surface area contributed by atoms with Crippen LogP contribution in [-0.2, 0) is 24.3 Å². The first kappa shape index (κ1) is 21.6. The fourth-order valence-electron chi connectivity index (χ4n) is 2.74. The number of esters is 1. The summed E-state index contributed by atoms with van der Waals surface area (Å²) in [5, 5.41) is 7.57. The first-order chi connectivity index (χ1) is 13.2. The van der Waals surface area contributed by atoms with Crippen LogP contribution in [0.1, 0.15) is 31.7 Å². The molecule has 0 spiro atoms. The van der Waals surface area contributed by atoms with Crippen LogP contribution < -0.4 is 10.5 Å². The van der Waals surface area contributed by atoms with Gasteiger partial charge in [0.2, 0.25) is 10.0 Å². The summed E-state index contributed by atoms with van der Waals surface area (Å²) in [7, 11) is -3.80. The number of hydrogen-bond acceptors (Lipinski definition) is 5. The molecule has 8 heteroatoms. The third-order valence-electron chi connectivity index (χ3n) is 4.44. The molecule has 0 aliphatic carbocycles. The maximum absolute atomic E-state index is 12.6. The minimum atomic E-state index is -3.80. The van der Waals surface area contributed by atoms with E-state index < -0.39 is 34.4 Å². The number of sulfonamides is 1. The van der Waals surface area contributed by atoms with Gasteiger partial charge >= 0.3 is 5.97 Å². The largest absolute Gasteiger partial charge is 0.455 e. The van der Waals surface area contributed by atoms with Crippen molar-refractivity contribution in [3.63, 3.8) is 0 Å². The molecule has 0 aliphatic rings. The van der Waals surface area contributed by atoms with Gasteiger partial charge in [0.15, 0.2) is 6.61 Å². The number of primary sulfonamides is 1. The SMILES string of the molecule is CCC(C)C(C(=O)OCC(=O)Nc1ccc(S(N)(=O)=O)cc1)c1ccccc1. The first-order valence-corrected chi connectivity index (χ1v) is 10.4. The van der Waals surface area contributed by atoms with Crippen molar-refractivity contribution in [2.24, 2.45) is 11.1 Å². The Hall–Kier alpha value is -2.71. The van der Waals surface area contributed by atoms with E-state index in [0.717, 1.165) is 12.0 Å². The molecule has 2 rings (SSSR count). The molecule has 1 amide bonds. The lowest BCUT2D eigenvalue weighted by molar-refractivity contribution is -0.150. The lowest BCUT2D eigenvalue weighted by atomic mass is 9.86. The van der Waals surface area contributed by atoms with Crippen molar-refractivity contribution in [3.8, 4) is 0 Å². The fraction of sp³-hybridized carbons (Fsp3) is 0.300. The molecule has 3 N–H and O–H groups in total. The Balaban J connectivity index is 1.97. The van der Waals surface area contributed by atoms with Crippen molar-refractivity contribution in [3.05, 3.63) is 60.2 Å². The van der Waals surface area contributed by atoms with Crippen molar-refractivity contribution in [1.82, 2.24) is 0 Å². The quantitative estimate of drug-likeness (QED) is 0.656. The second-order valence-electron chi connectivity index (χ2n) is 6.50. The van der Waals surface area contributed by atoms with Gasteiger partial charge in [-0.2, -0.15) is 0 Å². The van der Waals surface area contributed by atoms with Gasteiger partial charge in [-0.25, -0.2) is 13.6 Å². The Labute approximate surface area is 164 Å². The Morgan fingerprint density at radius 3 is 2.21 bits per heavy atom. The molecule has 0 bridgehead atoms. The number of benzene rings is 2. The van der Waals surface area contributed by atoms with Gasteiger partial charge in [-0.1, -0.05) is 50.6 Å². The summed E-state index contributed by atoms with van der Waals surface area (Å²) in [6, 6.07) is 14.7. The van der Waals surface area contributed by atoms with Crippen LogP contribution in [-0.4, -0.2) is 26.9 Å². The number of carbonyl (C=O) groups excluding carboxylic acids is 2. The van der Waals surface area contributed by atoms with E-state index >= 15 is 0 Å². The lowest BCUT2D eigenvalue weighted by Gasteiger charge is -2.21. The van der Waals surface area contributed by atoms with Gasteiger partial charge in [-0.15, -0.1) is 0 Å². The van der Waals surface area contributed by atoms with E-state index in [1.165, 1.54) is 24.3 Å². The number of hydrogen-bond donors (Lipinski definition) is 2. The third-order valence-corrected chi connectivity index (χ3v) is 5.37. The molecule has 28 heavy (non-hydrogen) atoms. The molecule has 150 valence electrons. The van der Waals surface area contributed by atoms with E-state index in [4.69, 9.17) is 9.88 Å². The zero-order chi connectivity index (χ0) is 20.7. The predicted octanol–water partition coefficient (Wildman–Crippen LogP) is 2.65. The number of anilines is 1. The van der Waals surface area contributed by atoms with Crippen molar-refractivity contribution in [2.75, 3.05) is 11.9 Å². The summed E-state index contributed by atoms with van der Waals surface area (Å²) in [5.74, 6) is -1.37. The van der Waals surface area contributed by atoms with Crippen molar-refractivity contribution >= 4 is 27.6 Å². The fourth-order valence-corrected chi connectivity index (χ4v) is 3.26. The molecule has 2 atom stereocenters. The van der Waals surface area contributed by atoms with E-state index in [9.17, 15) is 18.0 Å². The van der Waals surface area contributed by atoms with Crippen LogP contribution in [0.3, 0.4) is 0 Å². The summed E-state index contributed by atoms with van der Waals surface area (Å²) in [4.78, 5) is 24.6. The smallest absolute Gasteiger partial charge is 0.314 e. The molecular weight excluding hydrogens is 380 g/mol. The summed E-state index contributed by atoms with van der Waals surface area (Å²) < 4.78 is 27.7. The number of carbonyl (C=O) groups is 2. The topological polar surface area (TPSA) is 116 Å². The van der Waals surface area contributed by atoms with E-state index in [1.54, 1.807) is 0 Å². The predicted molar refractivity (Wildman–Crippen MR) is 106 cm³/mol. The molecule has 2 aromatic carbocycles. The second-order valence-corrected chi connectivity index (χ2v) is 8.06. The molecule has 0 saturated carbocycles. The highest BCUT2D eigenvalue weighted by molar-refractivity contribution is 7.89. The van der Waals surface area contributed by atoms with Crippen molar-refractivity contribution in [2.45, 2.75) is 31.1 Å². The molecule has 2 unspecified atom stereocenters. The van der Waals surface area contributed by atoms with Gasteiger partial charge in [0.25, 0.3) is 5.91 Å². The molecule has 0 aliphatic heterocycles. The molecule has 0 radical (unpaired) electrons. The molecule has 0 fully saturated rings. The Morgan fingerprint density at radius 1 is 1.07 bits per heavy atom. The van der Waals surface area contributed by atoms with E-state index in [2.05, 4.69) is 5.32 Å². The third kappa shape index (κ3) is 5.90. The molecule has 0 aromatic heterocycles. The number of nitrogens with one attached hydrogen (secondary N) is 1. The van der Waals surface area contributed by atoms with Gasteiger partial charge in [0.05, 0.1) is 10.8 Å². The number of amides is 1. The molecule has 7 nitrogen and oxygen atoms in total. The second kappa shape index (κ2) is 9.48. The highest BCUT2D eigenvalue weighted by atomic mass is 32.2. The highest BCUT2D eigenvalue weighted by Gasteiger charge is 2.27. The summed E-state index contributed by atoms with van der Waals surface area (Å²) in [6.07, 6.45) is 0.789. The molecular formula is C20H24N2O5S. The van der Waals surface area contributed by atoms with Crippen molar-refractivity contribution < 1.29 is 22.7 Å². The van der Waals surface area contributed by atoms with Crippen LogP contribution in [0.4, 0.5) is 5.69 Å². The van der Waals surface area contributed by atoms with Crippen LogP contribution in [0.2, 0.25) is 0 Å². The minimum Gasteiger partial charge on any atom is -0.455 e. The van der Waals surface area contributed by atoms with Gasteiger partial charge in [-0.3, -0.25) is 9.59 Å². The summed E-state index contributed by atoms with van der Waals surface area (Å²) in [6.45, 7) is 3.52. The summed E-state index contributed by atoms with van der Waals surface area (Å²) >= 11 is 0. The minimum absolute atomic E-state index is 0.0590. The average Bonchev–Trinajstić information content (AvgIpc) is 2.67. The Morgan fingerprint density at radius 2 is 1.68 bits per heavy atom. The van der Waals surface area contributed by atoms with Gasteiger partial charge in [-0.05, 0) is 35.7 Å². The standard InChI is InChI=1S/C20H24N2O5S/c1-3-14(2)19(15-7-5-4-6-8-15)20(24)27-13-18(23)22-16-9-11-17(12-10-16)28(21,25)26/h4-12,14,19H,3,13H2,1-2H3,(H,22,23)(H2,21,25,26). The Bertz CT molecular complexity index is 911. The van der Waals surface area contributed by atoms with Gasteiger partial charge in [0, 0.05) is 5.69 Å². The summed E-state index contributed by atoms with van der Waals surface area (Å²) in [5.41, 5.74) is 1.22. The Kier molecular flexibility index (Phi) is 7.31. The van der Waals surface area contributed by atoms with Crippen LogP contribution in [0.15, 0.2) is 59.5 Å². The maximum Gasteiger partial charge on any atom is 0.314 e. The van der Waals surface area contributed by atoms with Crippen LogP contribution in [0, 0.1) is 5.92 Å². The van der Waals surface area contributed by atoms with E-state index in [1.807, 2.05) is 44.2 Å². The zero-order valence-electron chi connectivity index (χ0n) is 15.8.